The number of fused-ring (bicyclic) bond motifs is 1. The van der Waals surface area contributed by atoms with E-state index in [1.807, 2.05) is 18.7 Å². The molecule has 0 spiro atoms. The zero-order valence-electron chi connectivity index (χ0n) is 19.8. The van der Waals surface area contributed by atoms with Gasteiger partial charge in [-0.3, -0.25) is 0 Å². The number of aromatic nitrogens is 4. The van der Waals surface area contributed by atoms with Crippen LogP contribution in [0.4, 0.5) is 19.2 Å². The van der Waals surface area contributed by atoms with Crippen molar-refractivity contribution in [3.8, 4) is 17.0 Å². The highest BCUT2D eigenvalue weighted by molar-refractivity contribution is 7.92. The second-order valence-corrected chi connectivity index (χ2v) is 11.7. The first-order valence-corrected chi connectivity index (χ1v) is 13.8. The molecule has 1 aliphatic rings. The van der Waals surface area contributed by atoms with Crippen molar-refractivity contribution in [2.75, 3.05) is 18.0 Å². The lowest BCUT2D eigenvalue weighted by molar-refractivity contribution is -0.0436. The molecular formula is C23H22F3N5O4S2. The number of rotatable bonds is 6. The van der Waals surface area contributed by atoms with Gasteiger partial charge in [0.1, 0.15) is 17.1 Å². The molecule has 14 heteroatoms. The minimum Gasteiger partial charge on any atom is -0.473 e. The van der Waals surface area contributed by atoms with Gasteiger partial charge in [-0.25, -0.2) is 18.4 Å². The molecule has 37 heavy (non-hydrogen) atoms. The first-order valence-electron chi connectivity index (χ1n) is 11.4. The summed E-state index contributed by atoms with van der Waals surface area (Å²) < 4.78 is 74.1. The van der Waals surface area contributed by atoms with Crippen LogP contribution in [0.2, 0.25) is 0 Å². The summed E-state index contributed by atoms with van der Waals surface area (Å²) in [7, 11) is -5.41. The molecule has 4 heterocycles. The van der Waals surface area contributed by atoms with E-state index >= 15 is 0 Å². The molecule has 0 atom stereocenters. The molecule has 0 radical (unpaired) electrons. The van der Waals surface area contributed by atoms with Gasteiger partial charge in [0, 0.05) is 42.8 Å². The zero-order valence-corrected chi connectivity index (χ0v) is 21.4. The Morgan fingerprint density at radius 3 is 2.46 bits per heavy atom. The monoisotopic (exact) mass is 553 g/mol. The van der Waals surface area contributed by atoms with Crippen LogP contribution >= 0.6 is 11.3 Å². The van der Waals surface area contributed by atoms with Gasteiger partial charge < -0.3 is 14.2 Å². The van der Waals surface area contributed by atoms with Gasteiger partial charge in [-0.15, -0.1) is 11.3 Å². The second-order valence-electron chi connectivity index (χ2n) is 8.87. The summed E-state index contributed by atoms with van der Waals surface area (Å²) in [6.45, 7) is 5.37. The van der Waals surface area contributed by atoms with Gasteiger partial charge >= 0.3 is 11.5 Å². The van der Waals surface area contributed by atoms with Crippen molar-refractivity contribution in [3.05, 3.63) is 41.8 Å². The molecule has 0 amide bonds. The molecule has 1 aliphatic heterocycles. The number of piperidine rings is 1. The lowest BCUT2D eigenvalue weighted by atomic mass is 10.1. The third kappa shape index (κ3) is 4.87. The number of ether oxygens (including phenoxy) is 1. The maximum atomic E-state index is 12.8. The Bertz CT molecular complexity index is 1510. The summed E-state index contributed by atoms with van der Waals surface area (Å²) in [5, 5.41) is 5.81. The van der Waals surface area contributed by atoms with Crippen LogP contribution in [0, 0.1) is 0 Å². The third-order valence-electron chi connectivity index (χ3n) is 6.04. The van der Waals surface area contributed by atoms with Crippen molar-refractivity contribution < 1.29 is 30.8 Å². The number of benzene rings is 1. The number of thiophene rings is 1. The minimum atomic E-state index is -5.41. The fourth-order valence-corrected chi connectivity index (χ4v) is 5.70. The SMILES string of the molecule is CC(C)c1noc(N2CCC(Oc3ncnc4c(-c5ccc(S(=O)(=O)C(F)(F)F)cc5)csc34)CC2)n1. The molecule has 9 nitrogen and oxygen atoms in total. The van der Waals surface area contributed by atoms with Gasteiger partial charge in [0.25, 0.3) is 9.84 Å². The maximum Gasteiger partial charge on any atom is 0.501 e. The second kappa shape index (κ2) is 9.56. The maximum absolute atomic E-state index is 12.8. The smallest absolute Gasteiger partial charge is 0.473 e. The molecule has 1 saturated heterocycles. The number of hydrogen-bond donors (Lipinski definition) is 0. The molecule has 0 saturated carbocycles. The Balaban J connectivity index is 1.31. The predicted molar refractivity (Wildman–Crippen MR) is 130 cm³/mol. The Morgan fingerprint density at radius 1 is 1.14 bits per heavy atom. The highest BCUT2D eigenvalue weighted by atomic mass is 32.2. The molecule has 0 aliphatic carbocycles. The van der Waals surface area contributed by atoms with E-state index in [9.17, 15) is 21.6 Å². The molecule has 3 aromatic heterocycles. The number of alkyl halides is 3. The number of hydrogen-bond acceptors (Lipinski definition) is 10. The molecule has 5 rings (SSSR count). The van der Waals surface area contributed by atoms with Gasteiger partial charge in [-0.1, -0.05) is 31.1 Å². The van der Waals surface area contributed by atoms with Crippen molar-refractivity contribution in [3.63, 3.8) is 0 Å². The van der Waals surface area contributed by atoms with E-state index in [2.05, 4.69) is 20.1 Å². The van der Waals surface area contributed by atoms with E-state index in [4.69, 9.17) is 9.26 Å². The number of halogens is 3. The fourth-order valence-electron chi connectivity index (χ4n) is 3.98. The van der Waals surface area contributed by atoms with Crippen molar-refractivity contribution >= 4 is 37.4 Å². The van der Waals surface area contributed by atoms with Crippen molar-refractivity contribution in [2.45, 2.75) is 49.1 Å². The summed E-state index contributed by atoms with van der Waals surface area (Å²) >= 11 is 1.35. The fraction of sp³-hybridized carbons (Fsp3) is 0.391. The summed E-state index contributed by atoms with van der Waals surface area (Å²) in [6, 6.07) is 5.06. The van der Waals surface area contributed by atoms with E-state index in [-0.39, 0.29) is 12.0 Å². The molecule has 1 fully saturated rings. The lowest BCUT2D eigenvalue weighted by Crippen LogP contribution is -2.38. The lowest BCUT2D eigenvalue weighted by Gasteiger charge is -2.30. The van der Waals surface area contributed by atoms with E-state index in [0.29, 0.717) is 52.2 Å². The quantitative estimate of drug-likeness (QED) is 0.318. The summed E-state index contributed by atoms with van der Waals surface area (Å²) in [5.41, 5.74) is -3.60. The summed E-state index contributed by atoms with van der Waals surface area (Å²) in [5.74, 6) is 1.28. The van der Waals surface area contributed by atoms with E-state index in [1.54, 1.807) is 5.38 Å². The standard InChI is InChI=1S/C23H22F3N5O4S2/c1-13(2)20-29-22(35-30-20)31-9-7-15(8-10-31)34-21-19-18(27-12-28-21)17(11-36-19)14-3-5-16(6-4-14)37(32,33)23(24,25)26/h3-6,11-13,15H,7-10H2,1-2H3. The van der Waals surface area contributed by atoms with Crippen LogP contribution in [0.1, 0.15) is 38.4 Å². The van der Waals surface area contributed by atoms with Gasteiger partial charge in [0.05, 0.1) is 10.4 Å². The predicted octanol–water partition coefficient (Wildman–Crippen LogP) is 5.21. The van der Waals surface area contributed by atoms with Gasteiger partial charge in [-0.05, 0) is 17.7 Å². The Morgan fingerprint density at radius 2 is 1.84 bits per heavy atom. The molecule has 0 bridgehead atoms. The average Bonchev–Trinajstić information content (AvgIpc) is 3.53. The van der Waals surface area contributed by atoms with Crippen LogP contribution in [-0.4, -0.2) is 53.2 Å². The van der Waals surface area contributed by atoms with Gasteiger partial charge in [0.15, 0.2) is 5.82 Å². The highest BCUT2D eigenvalue weighted by Gasteiger charge is 2.46. The number of sulfone groups is 1. The van der Waals surface area contributed by atoms with E-state index in [0.717, 1.165) is 25.0 Å². The van der Waals surface area contributed by atoms with Gasteiger partial charge in [0.2, 0.25) is 5.88 Å². The Labute approximate surface area is 214 Å². The highest BCUT2D eigenvalue weighted by Crippen LogP contribution is 2.38. The largest absolute Gasteiger partial charge is 0.501 e. The average molecular weight is 554 g/mol. The third-order valence-corrected chi connectivity index (χ3v) is 8.50. The first kappa shape index (κ1) is 25.4. The topological polar surface area (TPSA) is 111 Å². The summed E-state index contributed by atoms with van der Waals surface area (Å²) in [6.07, 6.45) is 2.73. The van der Waals surface area contributed by atoms with E-state index in [1.165, 1.54) is 29.8 Å². The van der Waals surface area contributed by atoms with Crippen LogP contribution in [0.15, 0.2) is 45.4 Å². The molecule has 196 valence electrons. The molecule has 1 aromatic carbocycles. The van der Waals surface area contributed by atoms with Gasteiger partial charge in [-0.2, -0.15) is 18.2 Å². The minimum absolute atomic E-state index is 0.0840. The number of anilines is 1. The first-order chi connectivity index (χ1) is 17.5. The Kier molecular flexibility index (Phi) is 6.56. The molecule has 4 aromatic rings. The van der Waals surface area contributed by atoms with E-state index < -0.39 is 20.2 Å². The van der Waals surface area contributed by atoms with Crippen molar-refractivity contribution in [1.29, 1.82) is 0 Å². The normalized spacial score (nSPS) is 15.6. The zero-order chi connectivity index (χ0) is 26.4. The van der Waals surface area contributed by atoms with Crippen molar-refractivity contribution in [1.82, 2.24) is 20.1 Å². The molecule has 0 N–H and O–H groups in total. The molecular weight excluding hydrogens is 531 g/mol. The van der Waals surface area contributed by atoms with Crippen LogP contribution in [-0.2, 0) is 9.84 Å². The van der Waals surface area contributed by atoms with Crippen LogP contribution in [0.5, 0.6) is 5.88 Å². The van der Waals surface area contributed by atoms with Crippen LogP contribution < -0.4 is 9.64 Å². The van der Waals surface area contributed by atoms with Crippen molar-refractivity contribution in [2.24, 2.45) is 0 Å². The van der Waals surface area contributed by atoms with Crippen LogP contribution in [0.25, 0.3) is 21.3 Å². The Hall–Kier alpha value is -3.26. The number of nitrogens with zero attached hydrogens (tertiary/aromatic N) is 5. The van der Waals surface area contributed by atoms with Crippen LogP contribution in [0.3, 0.4) is 0 Å². The summed E-state index contributed by atoms with van der Waals surface area (Å²) in [4.78, 5) is 14.3. The molecule has 0 unspecified atom stereocenters.